The molecular weight excluding hydrogens is 1080 g/mol. The van der Waals surface area contributed by atoms with Gasteiger partial charge in [-0.15, -0.1) is 11.8 Å². The van der Waals surface area contributed by atoms with E-state index in [-0.39, 0.29) is 22.4 Å². The number of alkyl halides is 3. The molecule has 0 radical (unpaired) electrons. The number of allylic oxidation sites excluding steroid dienone is 1. The SMILES string of the molecule is Cc1ccc(SN(Cc2ccc(O[C@@H]3OCCCC3O)cc2)C(=O)c2ccc(N3CCN(CC4=C(c5ccc(Cl)cc5)CCC(C)(C)C4)CC3)cc2)cc1S(=O)(=O)C(F)(F)F.c1ccc(SCCCCN2CCOCC2)cc1. The van der Waals surface area contributed by atoms with Crippen LogP contribution in [-0.2, 0) is 25.9 Å². The first-order valence-corrected chi connectivity index (χ1v) is 30.5. The highest BCUT2D eigenvalue weighted by Gasteiger charge is 2.47. The number of thioether (sulfide) groups is 1. The van der Waals surface area contributed by atoms with Crippen LogP contribution < -0.4 is 9.64 Å². The molecule has 0 aromatic heterocycles. The third-order valence-electron chi connectivity index (χ3n) is 14.6. The van der Waals surface area contributed by atoms with Crippen LogP contribution in [0.4, 0.5) is 18.9 Å². The van der Waals surface area contributed by atoms with Gasteiger partial charge in [0.2, 0.25) is 6.29 Å². The standard InChI is InChI=1S/C46H51ClF3N3O6S2.C14H21NOS/c1-31-6-19-39(27-42(31)61(56,57)46(48,49)50)60-53(29-32-7-17-38(18-8-32)59-44-41(54)5-4-26-58-44)43(55)34-11-15-37(16-12-34)52-24-22-51(23-25-52)30-35-28-45(2,3)21-20-40(35)33-9-13-36(47)14-10-33;1-2-6-14(7-3-1)17-13-5-4-8-15-9-11-16-12-10-15/h6-19,27,41,44,54H,4-5,20-26,28-30H2,1-3H3;1-3,6-7H,4-5,8-13H2/t41?,44-;/m0./s1. The second-order valence-electron chi connectivity index (χ2n) is 21.1. The van der Waals surface area contributed by atoms with Gasteiger partial charge < -0.3 is 24.2 Å². The number of unbranched alkanes of at least 4 members (excludes halogenated alkanes) is 1. The van der Waals surface area contributed by atoms with Crippen molar-refractivity contribution in [3.8, 4) is 5.75 Å². The van der Waals surface area contributed by atoms with Crippen molar-refractivity contribution in [3.05, 3.63) is 154 Å². The van der Waals surface area contributed by atoms with Crippen LogP contribution in [0.3, 0.4) is 0 Å². The van der Waals surface area contributed by atoms with Crippen LogP contribution >= 0.6 is 35.3 Å². The fourth-order valence-corrected chi connectivity index (χ4v) is 13.2. The van der Waals surface area contributed by atoms with Gasteiger partial charge in [0.1, 0.15) is 11.9 Å². The van der Waals surface area contributed by atoms with Gasteiger partial charge >= 0.3 is 5.51 Å². The second-order valence-corrected chi connectivity index (χ2v) is 25.7. The van der Waals surface area contributed by atoms with E-state index >= 15 is 0 Å². The average Bonchev–Trinajstić information content (AvgIpc) is 3.50. The summed E-state index contributed by atoms with van der Waals surface area (Å²) in [6.07, 6.45) is 5.57. The van der Waals surface area contributed by atoms with Gasteiger partial charge in [-0.3, -0.25) is 18.9 Å². The number of benzene rings is 5. The Morgan fingerprint density at radius 1 is 0.846 bits per heavy atom. The third kappa shape index (κ3) is 16.8. The molecule has 3 heterocycles. The third-order valence-corrected chi connectivity index (χ3v) is 18.5. The molecule has 3 aliphatic heterocycles. The van der Waals surface area contributed by atoms with Crippen molar-refractivity contribution < 1.29 is 45.7 Å². The van der Waals surface area contributed by atoms with Crippen LogP contribution in [0, 0.1) is 12.3 Å². The number of aliphatic hydroxyl groups is 1. The lowest BCUT2D eigenvalue weighted by Gasteiger charge is -2.39. The molecule has 1 unspecified atom stereocenters. The molecular formula is C60H72ClF3N4O7S3. The minimum absolute atomic E-state index is 0.0264. The lowest BCUT2D eigenvalue weighted by Crippen LogP contribution is -2.47. The summed E-state index contributed by atoms with van der Waals surface area (Å²) >= 11 is 9.03. The zero-order valence-corrected chi connectivity index (χ0v) is 48.0. The number of morpholine rings is 1. The van der Waals surface area contributed by atoms with E-state index in [1.54, 1.807) is 36.4 Å². The Labute approximate surface area is 472 Å². The summed E-state index contributed by atoms with van der Waals surface area (Å²) in [5, 5.41) is 11.0. The molecule has 1 amide bonds. The zero-order valence-electron chi connectivity index (χ0n) is 44.8. The largest absolute Gasteiger partial charge is 0.501 e. The van der Waals surface area contributed by atoms with Crippen molar-refractivity contribution in [3.63, 3.8) is 0 Å². The molecule has 2 atom stereocenters. The van der Waals surface area contributed by atoms with Crippen molar-refractivity contribution in [2.45, 2.75) is 105 Å². The van der Waals surface area contributed by atoms with Crippen LogP contribution in [0.5, 0.6) is 5.75 Å². The number of piperazine rings is 1. The Balaban J connectivity index is 0.000000400. The van der Waals surface area contributed by atoms with E-state index in [9.17, 15) is 31.5 Å². The highest BCUT2D eigenvalue weighted by molar-refractivity contribution is 7.99. The van der Waals surface area contributed by atoms with Crippen molar-refractivity contribution >= 4 is 62.3 Å². The highest BCUT2D eigenvalue weighted by Crippen LogP contribution is 2.43. The van der Waals surface area contributed by atoms with E-state index in [1.165, 1.54) is 70.1 Å². The van der Waals surface area contributed by atoms with Crippen molar-refractivity contribution in [2.24, 2.45) is 5.41 Å². The molecule has 1 N–H and O–H groups in total. The van der Waals surface area contributed by atoms with Crippen LogP contribution in [0.25, 0.3) is 5.57 Å². The Morgan fingerprint density at radius 3 is 2.23 bits per heavy atom. The van der Waals surface area contributed by atoms with Gasteiger partial charge in [-0.2, -0.15) is 13.2 Å². The Bertz CT molecular complexity index is 2870. The summed E-state index contributed by atoms with van der Waals surface area (Å²) in [5.74, 6) is 1.27. The van der Waals surface area contributed by atoms with Crippen molar-refractivity contribution in [2.75, 3.05) is 82.8 Å². The summed E-state index contributed by atoms with van der Waals surface area (Å²) < 4.78 is 83.9. The number of rotatable bonds is 18. The first-order valence-electron chi connectivity index (χ1n) is 26.9. The van der Waals surface area contributed by atoms with Crippen LogP contribution in [0.1, 0.15) is 85.8 Å². The number of aryl methyl sites for hydroxylation is 1. The number of aliphatic hydroxyl groups excluding tert-OH is 1. The lowest BCUT2D eigenvalue weighted by molar-refractivity contribution is -0.170. The predicted molar refractivity (Wildman–Crippen MR) is 307 cm³/mol. The summed E-state index contributed by atoms with van der Waals surface area (Å²) in [6, 6.07) is 36.7. The number of amides is 1. The van der Waals surface area contributed by atoms with E-state index < -0.39 is 38.5 Å². The van der Waals surface area contributed by atoms with Gasteiger partial charge in [-0.25, -0.2) is 8.42 Å². The maximum atomic E-state index is 14.2. The molecule has 1 aliphatic carbocycles. The molecule has 78 heavy (non-hydrogen) atoms. The number of carbonyl (C=O) groups is 1. The molecule has 4 aliphatic rings. The summed E-state index contributed by atoms with van der Waals surface area (Å²) in [6.45, 7) is 16.1. The van der Waals surface area contributed by atoms with E-state index in [4.69, 9.17) is 25.8 Å². The van der Waals surface area contributed by atoms with Gasteiger partial charge in [-0.1, -0.05) is 79.6 Å². The first-order chi connectivity index (χ1) is 37.4. The summed E-state index contributed by atoms with van der Waals surface area (Å²) in [5.41, 5.74) is 0.856. The number of nitrogens with zero attached hydrogens (tertiary/aromatic N) is 4. The van der Waals surface area contributed by atoms with Crippen LogP contribution in [-0.4, -0.2) is 129 Å². The van der Waals surface area contributed by atoms with E-state index in [0.717, 1.165) is 113 Å². The molecule has 0 saturated carbocycles. The number of hydrogen-bond acceptors (Lipinski definition) is 12. The number of sulfone groups is 1. The molecule has 5 aromatic rings. The molecule has 3 fully saturated rings. The quantitative estimate of drug-likeness (QED) is 0.0512. The smallest absolute Gasteiger partial charge is 0.462 e. The summed E-state index contributed by atoms with van der Waals surface area (Å²) in [7, 11) is -5.64. The molecule has 0 bridgehead atoms. The van der Waals surface area contributed by atoms with Gasteiger partial charge in [0, 0.05) is 71.9 Å². The van der Waals surface area contributed by atoms with Gasteiger partial charge in [0.15, 0.2) is 0 Å². The molecule has 420 valence electrons. The Kier molecular flexibility index (Phi) is 21.2. The number of hydrogen-bond donors (Lipinski definition) is 1. The van der Waals surface area contributed by atoms with Crippen LogP contribution in [0.15, 0.2) is 142 Å². The van der Waals surface area contributed by atoms with Crippen LogP contribution in [0.2, 0.25) is 5.02 Å². The number of anilines is 1. The van der Waals surface area contributed by atoms with Gasteiger partial charge in [0.25, 0.3) is 15.7 Å². The normalized spacial score (nSPS) is 19.5. The summed E-state index contributed by atoms with van der Waals surface area (Å²) in [4.78, 5) is 22.2. The number of halogens is 4. The highest BCUT2D eigenvalue weighted by atomic mass is 35.5. The van der Waals surface area contributed by atoms with E-state index in [2.05, 4.69) is 71.0 Å². The number of ether oxygens (including phenoxy) is 3. The molecule has 0 spiro atoms. The minimum atomic E-state index is -5.64. The molecule has 5 aromatic carbocycles. The second kappa shape index (κ2) is 27.7. The van der Waals surface area contributed by atoms with Crippen molar-refractivity contribution in [1.29, 1.82) is 0 Å². The lowest BCUT2D eigenvalue weighted by atomic mass is 9.73. The Morgan fingerprint density at radius 2 is 1.55 bits per heavy atom. The number of carbonyl (C=O) groups excluding carboxylic acids is 1. The first kappa shape index (κ1) is 59.6. The topological polar surface area (TPSA) is 112 Å². The van der Waals surface area contributed by atoms with Gasteiger partial charge in [-0.05, 0) is 177 Å². The maximum absolute atomic E-state index is 14.2. The van der Waals surface area contributed by atoms with E-state index in [1.807, 2.05) is 36.0 Å². The molecule has 3 saturated heterocycles. The van der Waals surface area contributed by atoms with Gasteiger partial charge in [0.05, 0.1) is 31.3 Å². The fraction of sp³-hybridized carbons (Fsp3) is 0.450. The van der Waals surface area contributed by atoms with E-state index in [0.29, 0.717) is 29.9 Å². The average molecular weight is 1150 g/mol. The predicted octanol–water partition coefficient (Wildman–Crippen LogP) is 12.8. The molecule has 11 nitrogen and oxygen atoms in total. The monoisotopic (exact) mass is 1150 g/mol. The van der Waals surface area contributed by atoms with Crippen molar-refractivity contribution in [1.82, 2.24) is 14.1 Å². The molecule has 9 rings (SSSR count). The fourth-order valence-electron chi connectivity index (χ4n) is 10.1. The minimum Gasteiger partial charge on any atom is -0.462 e. The molecule has 18 heteroatoms. The maximum Gasteiger partial charge on any atom is 0.501 e. The zero-order chi connectivity index (χ0) is 55.3. The Hall–Kier alpha value is -4.56.